The molecule has 0 spiro atoms. The number of hydrogen-bond donors (Lipinski definition) is 0. The van der Waals surface area contributed by atoms with Crippen LogP contribution < -0.4 is 0 Å². The number of carbonyl (C=O) groups is 1. The minimum atomic E-state index is -1.20. The fraction of sp³-hybridized carbons (Fsp3) is 0.727. The van der Waals surface area contributed by atoms with Gasteiger partial charge in [-0.3, -0.25) is 4.79 Å². The Bertz CT molecular complexity index is 204. The SMILES string of the molecule is CC=CC(C[Si](C)(C)C)C(=O)OCC. The average Bonchev–Trinajstić information content (AvgIpc) is 2.01. The molecule has 0 aromatic carbocycles. The van der Waals surface area contributed by atoms with E-state index in [0.29, 0.717) is 6.61 Å². The molecule has 0 heterocycles. The van der Waals surface area contributed by atoms with E-state index >= 15 is 0 Å². The minimum Gasteiger partial charge on any atom is -0.466 e. The molecule has 0 aliphatic heterocycles. The maximum absolute atomic E-state index is 11.6. The number of rotatable bonds is 5. The molecule has 0 aromatic heterocycles. The van der Waals surface area contributed by atoms with Crippen molar-refractivity contribution in [2.45, 2.75) is 39.5 Å². The normalized spacial score (nSPS) is 14.4. The van der Waals surface area contributed by atoms with Gasteiger partial charge in [0.2, 0.25) is 0 Å². The molecular weight excluding hydrogens is 192 g/mol. The summed E-state index contributed by atoms with van der Waals surface area (Å²) in [7, 11) is -1.20. The third-order valence-corrected chi connectivity index (χ3v) is 3.51. The molecule has 0 fully saturated rings. The zero-order valence-corrected chi connectivity index (χ0v) is 11.0. The standard InChI is InChI=1S/C11H22O2Si/c1-6-8-10(9-14(3,4)5)11(12)13-7-2/h6,8,10H,7,9H2,1-5H3. The Morgan fingerprint density at radius 2 is 2.00 bits per heavy atom. The summed E-state index contributed by atoms with van der Waals surface area (Å²) < 4.78 is 5.03. The van der Waals surface area contributed by atoms with Crippen LogP contribution >= 0.6 is 0 Å². The lowest BCUT2D eigenvalue weighted by Crippen LogP contribution is -2.28. The second-order valence-electron chi connectivity index (χ2n) is 4.65. The van der Waals surface area contributed by atoms with Crippen LogP contribution in [0.1, 0.15) is 13.8 Å². The number of allylic oxidation sites excluding steroid dienone is 1. The summed E-state index contributed by atoms with van der Waals surface area (Å²) in [5, 5.41) is 0. The summed E-state index contributed by atoms with van der Waals surface area (Å²) >= 11 is 0. The molecule has 0 aliphatic rings. The number of ether oxygens (including phenoxy) is 1. The van der Waals surface area contributed by atoms with Crippen molar-refractivity contribution in [3.63, 3.8) is 0 Å². The Hall–Kier alpha value is -0.573. The molecule has 0 aliphatic carbocycles. The number of carbonyl (C=O) groups excluding carboxylic acids is 1. The van der Waals surface area contributed by atoms with Crippen LogP contribution in [-0.2, 0) is 9.53 Å². The molecule has 0 N–H and O–H groups in total. The van der Waals surface area contributed by atoms with Crippen molar-refractivity contribution in [3.8, 4) is 0 Å². The monoisotopic (exact) mass is 214 g/mol. The van der Waals surface area contributed by atoms with Gasteiger partial charge in [-0.05, 0) is 19.9 Å². The van der Waals surface area contributed by atoms with Gasteiger partial charge in [-0.25, -0.2) is 0 Å². The fourth-order valence-electron chi connectivity index (χ4n) is 1.37. The molecule has 1 atom stereocenters. The second kappa shape index (κ2) is 6.01. The van der Waals surface area contributed by atoms with Gasteiger partial charge in [0.1, 0.15) is 0 Å². The van der Waals surface area contributed by atoms with E-state index in [1.54, 1.807) is 0 Å². The van der Waals surface area contributed by atoms with E-state index in [9.17, 15) is 4.79 Å². The lowest BCUT2D eigenvalue weighted by atomic mass is 10.2. The van der Waals surface area contributed by atoms with E-state index in [-0.39, 0.29) is 11.9 Å². The molecule has 82 valence electrons. The van der Waals surface area contributed by atoms with Crippen LogP contribution in [0.25, 0.3) is 0 Å². The molecule has 0 rings (SSSR count). The third kappa shape index (κ3) is 5.97. The van der Waals surface area contributed by atoms with Crippen LogP contribution in [0.5, 0.6) is 0 Å². The highest BCUT2D eigenvalue weighted by molar-refractivity contribution is 6.76. The number of hydrogen-bond acceptors (Lipinski definition) is 2. The van der Waals surface area contributed by atoms with E-state index in [4.69, 9.17) is 4.74 Å². The van der Waals surface area contributed by atoms with E-state index in [2.05, 4.69) is 19.6 Å². The van der Waals surface area contributed by atoms with Crippen LogP contribution in [0.15, 0.2) is 12.2 Å². The van der Waals surface area contributed by atoms with Crippen LogP contribution in [0, 0.1) is 5.92 Å². The molecule has 0 bridgehead atoms. The summed E-state index contributed by atoms with van der Waals surface area (Å²) in [4.78, 5) is 11.6. The zero-order chi connectivity index (χ0) is 11.2. The summed E-state index contributed by atoms with van der Waals surface area (Å²) in [6, 6.07) is 0.968. The van der Waals surface area contributed by atoms with Gasteiger partial charge in [0, 0.05) is 8.07 Å². The zero-order valence-electron chi connectivity index (χ0n) is 9.96. The molecule has 0 amide bonds. The molecule has 2 nitrogen and oxygen atoms in total. The maximum atomic E-state index is 11.6. The highest BCUT2D eigenvalue weighted by atomic mass is 28.3. The average molecular weight is 214 g/mol. The van der Waals surface area contributed by atoms with Crippen molar-refractivity contribution in [2.24, 2.45) is 5.92 Å². The first kappa shape index (κ1) is 13.4. The topological polar surface area (TPSA) is 26.3 Å². The van der Waals surface area contributed by atoms with Crippen molar-refractivity contribution < 1.29 is 9.53 Å². The second-order valence-corrected chi connectivity index (χ2v) is 10.2. The Balaban J connectivity index is 4.36. The Kier molecular flexibility index (Phi) is 5.77. The van der Waals surface area contributed by atoms with Gasteiger partial charge < -0.3 is 4.74 Å². The van der Waals surface area contributed by atoms with E-state index < -0.39 is 8.07 Å². The van der Waals surface area contributed by atoms with Crippen molar-refractivity contribution in [2.75, 3.05) is 6.61 Å². The predicted octanol–water partition coefficient (Wildman–Crippen LogP) is 3.08. The van der Waals surface area contributed by atoms with E-state index in [1.165, 1.54) is 0 Å². The lowest BCUT2D eigenvalue weighted by Gasteiger charge is -2.20. The van der Waals surface area contributed by atoms with Crippen LogP contribution in [-0.4, -0.2) is 20.7 Å². The van der Waals surface area contributed by atoms with Gasteiger partial charge in [-0.15, -0.1) is 0 Å². The van der Waals surface area contributed by atoms with Gasteiger partial charge in [-0.2, -0.15) is 0 Å². The first-order valence-electron chi connectivity index (χ1n) is 5.20. The number of esters is 1. The Morgan fingerprint density at radius 3 is 2.36 bits per heavy atom. The van der Waals surface area contributed by atoms with E-state index in [1.807, 2.05) is 26.0 Å². The third-order valence-electron chi connectivity index (χ3n) is 1.85. The van der Waals surface area contributed by atoms with Crippen LogP contribution in [0.4, 0.5) is 0 Å². The van der Waals surface area contributed by atoms with Gasteiger partial charge in [0.15, 0.2) is 0 Å². The van der Waals surface area contributed by atoms with Crippen molar-refractivity contribution in [1.29, 1.82) is 0 Å². The van der Waals surface area contributed by atoms with E-state index in [0.717, 1.165) is 6.04 Å². The predicted molar refractivity (Wildman–Crippen MR) is 63.1 cm³/mol. The van der Waals surface area contributed by atoms with Crippen molar-refractivity contribution >= 4 is 14.0 Å². The molecule has 14 heavy (non-hydrogen) atoms. The molecule has 0 saturated carbocycles. The molecule has 0 saturated heterocycles. The first-order valence-corrected chi connectivity index (χ1v) is 8.91. The molecule has 1 unspecified atom stereocenters. The molecule has 3 heteroatoms. The van der Waals surface area contributed by atoms with Crippen molar-refractivity contribution in [3.05, 3.63) is 12.2 Å². The summed E-state index contributed by atoms with van der Waals surface area (Å²) in [5.41, 5.74) is 0. The van der Waals surface area contributed by atoms with Gasteiger partial charge in [-0.1, -0.05) is 31.8 Å². The van der Waals surface area contributed by atoms with Crippen LogP contribution in [0.3, 0.4) is 0 Å². The van der Waals surface area contributed by atoms with Crippen molar-refractivity contribution in [1.82, 2.24) is 0 Å². The van der Waals surface area contributed by atoms with Crippen LogP contribution in [0.2, 0.25) is 25.7 Å². The maximum Gasteiger partial charge on any atom is 0.312 e. The fourth-order valence-corrected chi connectivity index (χ4v) is 2.99. The lowest BCUT2D eigenvalue weighted by molar-refractivity contribution is -0.145. The minimum absolute atomic E-state index is 0.0355. The Morgan fingerprint density at radius 1 is 1.43 bits per heavy atom. The smallest absolute Gasteiger partial charge is 0.312 e. The molecule has 0 radical (unpaired) electrons. The van der Waals surface area contributed by atoms with Gasteiger partial charge >= 0.3 is 5.97 Å². The highest BCUT2D eigenvalue weighted by Gasteiger charge is 2.24. The highest BCUT2D eigenvalue weighted by Crippen LogP contribution is 2.19. The molecular formula is C11H22O2Si. The Labute approximate surface area is 88.4 Å². The van der Waals surface area contributed by atoms with Gasteiger partial charge in [0.25, 0.3) is 0 Å². The largest absolute Gasteiger partial charge is 0.466 e. The summed E-state index contributed by atoms with van der Waals surface area (Å²) in [5.74, 6) is -0.111. The summed E-state index contributed by atoms with van der Waals surface area (Å²) in [6.07, 6.45) is 3.89. The molecule has 0 aromatic rings. The quantitative estimate of drug-likeness (QED) is 0.399. The van der Waals surface area contributed by atoms with Gasteiger partial charge in [0.05, 0.1) is 12.5 Å². The first-order chi connectivity index (χ1) is 6.40. The summed E-state index contributed by atoms with van der Waals surface area (Å²) in [6.45, 7) is 11.1.